The van der Waals surface area contributed by atoms with E-state index in [9.17, 15) is 9.59 Å². The highest BCUT2D eigenvalue weighted by Gasteiger charge is 2.44. The second-order valence-electron chi connectivity index (χ2n) is 8.13. The van der Waals surface area contributed by atoms with Crippen LogP contribution in [0.3, 0.4) is 0 Å². The predicted molar refractivity (Wildman–Crippen MR) is 124 cm³/mol. The highest BCUT2D eigenvalue weighted by Crippen LogP contribution is 2.38. The summed E-state index contributed by atoms with van der Waals surface area (Å²) in [5.74, 6) is 0.849. The van der Waals surface area contributed by atoms with Gasteiger partial charge in [-0.1, -0.05) is 12.1 Å². The van der Waals surface area contributed by atoms with Gasteiger partial charge in [0.2, 0.25) is 0 Å². The number of carbonyl (C=O) groups is 2. The summed E-state index contributed by atoms with van der Waals surface area (Å²) >= 11 is 0. The van der Waals surface area contributed by atoms with E-state index in [2.05, 4.69) is 0 Å². The molecule has 8 nitrogen and oxygen atoms in total. The van der Waals surface area contributed by atoms with Crippen LogP contribution in [0.25, 0.3) is 5.57 Å². The number of anilines is 1. The lowest BCUT2D eigenvalue weighted by Gasteiger charge is -2.37. The third-order valence-electron chi connectivity index (χ3n) is 5.77. The van der Waals surface area contributed by atoms with Gasteiger partial charge in [-0.25, -0.2) is 4.90 Å². The Morgan fingerprint density at radius 2 is 1.33 bits per heavy atom. The van der Waals surface area contributed by atoms with E-state index in [1.807, 2.05) is 18.7 Å². The summed E-state index contributed by atoms with van der Waals surface area (Å²) in [6.07, 6.45) is -0.153. The number of hydrogen-bond acceptors (Lipinski definition) is 7. The highest BCUT2D eigenvalue weighted by molar-refractivity contribution is 6.45. The molecule has 4 rings (SSSR count). The van der Waals surface area contributed by atoms with Gasteiger partial charge in [-0.2, -0.15) is 0 Å². The third kappa shape index (κ3) is 4.26. The normalized spacial score (nSPS) is 21.0. The minimum Gasteiger partial charge on any atom is -0.497 e. The molecule has 33 heavy (non-hydrogen) atoms. The number of hydrogen-bond donors (Lipinski definition) is 0. The van der Waals surface area contributed by atoms with Crippen molar-refractivity contribution < 1.29 is 28.5 Å². The Kier molecular flexibility index (Phi) is 6.29. The molecule has 174 valence electrons. The van der Waals surface area contributed by atoms with Crippen LogP contribution < -0.4 is 19.1 Å². The number of ether oxygens (including phenoxy) is 4. The van der Waals surface area contributed by atoms with E-state index in [1.165, 1.54) is 19.1 Å². The molecule has 1 fully saturated rings. The van der Waals surface area contributed by atoms with Crippen LogP contribution in [0.1, 0.15) is 19.4 Å². The van der Waals surface area contributed by atoms with Crippen molar-refractivity contribution in [2.45, 2.75) is 26.1 Å². The van der Waals surface area contributed by atoms with Crippen molar-refractivity contribution in [2.24, 2.45) is 0 Å². The quantitative estimate of drug-likeness (QED) is 0.624. The number of methoxy groups -OCH3 is 3. The molecule has 2 amide bonds. The molecule has 0 N–H and O–H groups in total. The molecule has 2 atom stereocenters. The van der Waals surface area contributed by atoms with Crippen LogP contribution in [0.15, 0.2) is 48.2 Å². The maximum atomic E-state index is 13.8. The highest BCUT2D eigenvalue weighted by atomic mass is 16.5. The number of benzene rings is 2. The van der Waals surface area contributed by atoms with Crippen molar-refractivity contribution in [2.75, 3.05) is 39.3 Å². The zero-order valence-corrected chi connectivity index (χ0v) is 19.5. The molecule has 0 saturated carbocycles. The predicted octanol–water partition coefficient (Wildman–Crippen LogP) is 3.11. The first-order chi connectivity index (χ1) is 15.9. The summed E-state index contributed by atoms with van der Waals surface area (Å²) in [5, 5.41) is 0. The molecule has 2 aromatic carbocycles. The molecule has 2 aliphatic heterocycles. The zero-order chi connectivity index (χ0) is 23.7. The molecule has 2 unspecified atom stereocenters. The molecule has 0 aliphatic carbocycles. The van der Waals surface area contributed by atoms with Gasteiger partial charge in [0.15, 0.2) is 0 Å². The minimum atomic E-state index is -0.401. The number of carbonyl (C=O) groups excluding carboxylic acids is 2. The fourth-order valence-electron chi connectivity index (χ4n) is 4.35. The molecule has 1 saturated heterocycles. The van der Waals surface area contributed by atoms with Crippen LogP contribution in [-0.4, -0.2) is 63.3 Å². The van der Waals surface area contributed by atoms with Gasteiger partial charge in [0, 0.05) is 31.3 Å². The summed E-state index contributed by atoms with van der Waals surface area (Å²) in [4.78, 5) is 30.7. The van der Waals surface area contributed by atoms with E-state index in [-0.39, 0.29) is 18.1 Å². The van der Waals surface area contributed by atoms with E-state index in [0.717, 1.165) is 0 Å². The Balaban J connectivity index is 1.84. The Morgan fingerprint density at radius 1 is 0.788 bits per heavy atom. The maximum Gasteiger partial charge on any atom is 0.282 e. The van der Waals surface area contributed by atoms with Crippen LogP contribution >= 0.6 is 0 Å². The smallest absolute Gasteiger partial charge is 0.282 e. The molecule has 0 aromatic heterocycles. The Hall–Kier alpha value is -3.52. The van der Waals surface area contributed by atoms with Crippen LogP contribution in [0, 0.1) is 0 Å². The summed E-state index contributed by atoms with van der Waals surface area (Å²) < 4.78 is 21.8. The van der Waals surface area contributed by atoms with Crippen molar-refractivity contribution in [3.63, 3.8) is 0 Å². The molecule has 2 aliphatic rings. The van der Waals surface area contributed by atoms with Gasteiger partial charge in [-0.05, 0) is 31.5 Å². The summed E-state index contributed by atoms with van der Waals surface area (Å²) in [7, 11) is 4.63. The van der Waals surface area contributed by atoms with Crippen LogP contribution in [-0.2, 0) is 14.3 Å². The molecule has 0 spiro atoms. The minimum absolute atomic E-state index is 0.0766. The van der Waals surface area contributed by atoms with E-state index in [0.29, 0.717) is 52.9 Å². The number of rotatable bonds is 6. The van der Waals surface area contributed by atoms with Crippen molar-refractivity contribution in [3.05, 3.63) is 53.7 Å². The van der Waals surface area contributed by atoms with Gasteiger partial charge in [-0.15, -0.1) is 0 Å². The molecule has 2 aromatic rings. The van der Waals surface area contributed by atoms with E-state index >= 15 is 0 Å². The summed E-state index contributed by atoms with van der Waals surface area (Å²) in [6, 6.07) is 12.1. The number of amides is 2. The van der Waals surface area contributed by atoms with Gasteiger partial charge in [0.05, 0.1) is 44.8 Å². The average molecular weight is 453 g/mol. The van der Waals surface area contributed by atoms with Gasteiger partial charge in [0.1, 0.15) is 22.9 Å². The molecule has 0 bridgehead atoms. The summed E-state index contributed by atoms with van der Waals surface area (Å²) in [5.41, 5.74) is 1.75. The van der Waals surface area contributed by atoms with E-state index < -0.39 is 5.91 Å². The van der Waals surface area contributed by atoms with Crippen molar-refractivity contribution in [1.29, 1.82) is 0 Å². The topological polar surface area (TPSA) is 77.5 Å². The standard InChI is InChI=1S/C25H28N2O6/c1-15-13-26(14-16(2)33-15)23-22(17-6-8-19(30-3)9-7-17)24(28)27(25(23)29)18-10-20(31-4)12-21(11-18)32-5/h6-12,15-16H,13-14H2,1-5H3. The van der Waals surface area contributed by atoms with Gasteiger partial charge < -0.3 is 23.8 Å². The first-order valence-electron chi connectivity index (χ1n) is 10.8. The first-order valence-corrected chi connectivity index (χ1v) is 10.8. The van der Waals surface area contributed by atoms with E-state index in [4.69, 9.17) is 18.9 Å². The molecule has 8 heteroatoms. The SMILES string of the molecule is COc1ccc(C2=C(N3CC(C)OC(C)C3)C(=O)N(c3cc(OC)cc(OC)c3)C2=O)cc1. The van der Waals surface area contributed by atoms with Crippen molar-refractivity contribution >= 4 is 23.1 Å². The van der Waals surface area contributed by atoms with Crippen molar-refractivity contribution in [3.8, 4) is 17.2 Å². The monoisotopic (exact) mass is 452 g/mol. The summed E-state index contributed by atoms with van der Waals surface area (Å²) in [6.45, 7) is 4.94. The average Bonchev–Trinajstić information content (AvgIpc) is 3.07. The van der Waals surface area contributed by atoms with Crippen LogP contribution in [0.5, 0.6) is 17.2 Å². The lowest BCUT2D eigenvalue weighted by atomic mass is 10.0. The molecular formula is C25H28N2O6. The Labute approximate surface area is 193 Å². The lowest BCUT2D eigenvalue weighted by Crippen LogP contribution is -2.47. The number of nitrogens with zero attached hydrogens (tertiary/aromatic N) is 2. The first kappa shape index (κ1) is 22.7. The van der Waals surface area contributed by atoms with Gasteiger partial charge in [-0.3, -0.25) is 9.59 Å². The van der Waals surface area contributed by atoms with Crippen molar-refractivity contribution in [1.82, 2.24) is 4.90 Å². The van der Waals surface area contributed by atoms with Gasteiger partial charge >= 0.3 is 0 Å². The number of imide groups is 1. The van der Waals surface area contributed by atoms with Crippen LogP contribution in [0.4, 0.5) is 5.69 Å². The van der Waals surface area contributed by atoms with E-state index in [1.54, 1.807) is 49.6 Å². The van der Waals surface area contributed by atoms with Crippen LogP contribution in [0.2, 0.25) is 0 Å². The second kappa shape index (κ2) is 9.15. The maximum absolute atomic E-state index is 13.8. The Bertz CT molecular complexity index is 1060. The molecule has 2 heterocycles. The largest absolute Gasteiger partial charge is 0.497 e. The molecular weight excluding hydrogens is 424 g/mol. The third-order valence-corrected chi connectivity index (χ3v) is 5.77. The zero-order valence-electron chi connectivity index (χ0n) is 19.5. The lowest BCUT2D eigenvalue weighted by molar-refractivity contribution is -0.121. The second-order valence-corrected chi connectivity index (χ2v) is 8.13. The number of morpholine rings is 1. The fraction of sp³-hybridized carbons (Fsp3) is 0.360. The fourth-order valence-corrected chi connectivity index (χ4v) is 4.35. The van der Waals surface area contributed by atoms with Gasteiger partial charge in [0.25, 0.3) is 11.8 Å². The molecule has 0 radical (unpaired) electrons. The Morgan fingerprint density at radius 3 is 1.85 bits per heavy atom.